The minimum atomic E-state index is -4.27. The number of hydrogen-bond donors (Lipinski definition) is 0. The molecule has 0 radical (unpaired) electrons. The second kappa shape index (κ2) is 5.67. The number of hydrogen-bond acceptors (Lipinski definition) is 1. The van der Waals surface area contributed by atoms with E-state index in [-0.39, 0.29) is 15.6 Å². The Morgan fingerprint density at radius 3 is 2.35 bits per heavy atom. The van der Waals surface area contributed by atoms with Gasteiger partial charge >= 0.3 is 6.18 Å². The van der Waals surface area contributed by atoms with Gasteiger partial charge in [0.05, 0.1) is 18.6 Å². The van der Waals surface area contributed by atoms with Gasteiger partial charge in [0.2, 0.25) is 0 Å². The van der Waals surface area contributed by atoms with Gasteiger partial charge < -0.3 is 4.74 Å². The molecule has 1 aromatic rings. The number of halogens is 6. The van der Waals surface area contributed by atoms with E-state index in [4.69, 9.17) is 27.9 Å². The zero-order valence-corrected chi connectivity index (χ0v) is 11.7. The Hall–Kier alpha value is -0.130. The van der Waals surface area contributed by atoms with Crippen LogP contribution in [0.1, 0.15) is 16.8 Å². The van der Waals surface area contributed by atoms with Gasteiger partial charge in [-0.3, -0.25) is 0 Å². The van der Waals surface area contributed by atoms with Crippen molar-refractivity contribution in [2.24, 2.45) is 0 Å². The normalized spacial score (nSPS) is 13.6. The first-order valence-corrected chi connectivity index (χ1v) is 6.15. The summed E-state index contributed by atoms with van der Waals surface area (Å²) < 4.78 is 41.6. The Morgan fingerprint density at radius 2 is 1.88 bits per heavy atom. The van der Waals surface area contributed by atoms with E-state index in [0.29, 0.717) is 5.75 Å². The largest absolute Gasteiger partial charge is 0.495 e. The summed E-state index contributed by atoms with van der Waals surface area (Å²) >= 11 is 14.6. The highest BCUT2D eigenvalue weighted by molar-refractivity contribution is 9.09. The van der Waals surface area contributed by atoms with E-state index in [1.807, 2.05) is 0 Å². The van der Waals surface area contributed by atoms with Crippen molar-refractivity contribution in [3.05, 3.63) is 27.7 Å². The molecule has 7 heteroatoms. The van der Waals surface area contributed by atoms with Gasteiger partial charge in [-0.05, 0) is 11.6 Å². The lowest BCUT2D eigenvalue weighted by Gasteiger charge is -2.15. The molecule has 0 saturated heterocycles. The number of benzene rings is 1. The lowest BCUT2D eigenvalue weighted by molar-refractivity contribution is -0.134. The van der Waals surface area contributed by atoms with Crippen LogP contribution in [0.4, 0.5) is 13.2 Å². The Bertz CT molecular complexity index is 409. The molecule has 0 aromatic heterocycles. The third kappa shape index (κ3) is 4.23. The average Bonchev–Trinajstić information content (AvgIpc) is 2.18. The molecule has 0 fully saturated rings. The Kier molecular flexibility index (Phi) is 4.98. The third-order valence-electron chi connectivity index (χ3n) is 2.02. The summed E-state index contributed by atoms with van der Waals surface area (Å²) in [6, 6.07) is 2.76. The van der Waals surface area contributed by atoms with Crippen molar-refractivity contribution in [3.63, 3.8) is 0 Å². The molecule has 0 amide bonds. The molecule has 1 rings (SSSR count). The number of methoxy groups -OCH3 is 1. The summed E-state index contributed by atoms with van der Waals surface area (Å²) in [7, 11) is 1.40. The van der Waals surface area contributed by atoms with Crippen LogP contribution in [-0.2, 0) is 0 Å². The van der Waals surface area contributed by atoms with Crippen LogP contribution in [-0.4, -0.2) is 13.3 Å². The average molecular weight is 352 g/mol. The van der Waals surface area contributed by atoms with Gasteiger partial charge in [-0.15, -0.1) is 0 Å². The predicted octanol–water partition coefficient (Wildman–Crippen LogP) is 5.39. The van der Waals surface area contributed by atoms with Gasteiger partial charge in [-0.2, -0.15) is 13.2 Å². The number of rotatable bonds is 3. The Balaban J connectivity index is 3.02. The SMILES string of the molecule is COc1cc(Cl)c(C(Br)CC(F)(F)F)cc1Cl. The maximum atomic E-state index is 12.2. The van der Waals surface area contributed by atoms with Crippen molar-refractivity contribution in [3.8, 4) is 5.75 Å². The summed E-state index contributed by atoms with van der Waals surface area (Å²) in [5.41, 5.74) is 0.287. The van der Waals surface area contributed by atoms with Crippen LogP contribution in [0.25, 0.3) is 0 Å². The first kappa shape index (κ1) is 14.9. The van der Waals surface area contributed by atoms with E-state index >= 15 is 0 Å². The molecular weight excluding hydrogens is 344 g/mol. The van der Waals surface area contributed by atoms with E-state index < -0.39 is 17.4 Å². The molecule has 0 aliphatic rings. The van der Waals surface area contributed by atoms with Crippen LogP contribution in [0.5, 0.6) is 5.75 Å². The van der Waals surface area contributed by atoms with Crippen LogP contribution < -0.4 is 4.74 Å². The maximum Gasteiger partial charge on any atom is 0.390 e. The highest BCUT2D eigenvalue weighted by atomic mass is 79.9. The molecular formula is C10H8BrCl2F3O. The van der Waals surface area contributed by atoms with Gasteiger partial charge in [-0.1, -0.05) is 39.1 Å². The van der Waals surface area contributed by atoms with E-state index in [9.17, 15) is 13.2 Å². The minimum Gasteiger partial charge on any atom is -0.495 e. The van der Waals surface area contributed by atoms with Crippen LogP contribution in [0.2, 0.25) is 10.0 Å². The standard InChI is InChI=1S/C10H8BrCl2F3O/c1-17-9-3-7(12)5(2-8(9)13)6(11)4-10(14,15)16/h2-3,6H,4H2,1H3. The Morgan fingerprint density at radius 1 is 1.29 bits per heavy atom. The number of alkyl halides is 4. The van der Waals surface area contributed by atoms with E-state index in [0.717, 1.165) is 0 Å². The van der Waals surface area contributed by atoms with Crippen LogP contribution in [0, 0.1) is 0 Å². The van der Waals surface area contributed by atoms with E-state index in [2.05, 4.69) is 15.9 Å². The summed E-state index contributed by atoms with van der Waals surface area (Å²) in [6.45, 7) is 0. The van der Waals surface area contributed by atoms with Crippen molar-refractivity contribution in [2.75, 3.05) is 7.11 Å². The fourth-order valence-electron chi connectivity index (χ4n) is 1.25. The summed E-state index contributed by atoms with van der Waals surface area (Å²) in [4.78, 5) is -0.932. The Labute approximate surface area is 115 Å². The second-order valence-corrected chi connectivity index (χ2v) is 5.21. The molecule has 0 heterocycles. The van der Waals surface area contributed by atoms with Crippen LogP contribution in [0.3, 0.4) is 0 Å². The van der Waals surface area contributed by atoms with Crippen LogP contribution >= 0.6 is 39.1 Å². The molecule has 0 bridgehead atoms. The molecule has 96 valence electrons. The zero-order valence-electron chi connectivity index (χ0n) is 8.62. The van der Waals surface area contributed by atoms with Gasteiger partial charge in [-0.25, -0.2) is 0 Å². The summed E-state index contributed by atoms with van der Waals surface area (Å²) in [6.07, 6.45) is -5.29. The summed E-state index contributed by atoms with van der Waals surface area (Å²) in [5.74, 6) is 0.326. The summed E-state index contributed by atoms with van der Waals surface area (Å²) in [5, 5.41) is 0.399. The van der Waals surface area contributed by atoms with E-state index in [1.54, 1.807) is 0 Å². The highest BCUT2D eigenvalue weighted by Crippen LogP contribution is 2.41. The van der Waals surface area contributed by atoms with Crippen molar-refractivity contribution in [1.29, 1.82) is 0 Å². The smallest absolute Gasteiger partial charge is 0.390 e. The molecule has 1 atom stereocenters. The van der Waals surface area contributed by atoms with Gasteiger partial charge in [0.15, 0.2) is 0 Å². The molecule has 1 nitrogen and oxygen atoms in total. The fourth-order valence-corrected chi connectivity index (χ4v) is 2.67. The van der Waals surface area contributed by atoms with Crippen molar-refractivity contribution in [2.45, 2.75) is 17.4 Å². The van der Waals surface area contributed by atoms with Crippen LogP contribution in [0.15, 0.2) is 12.1 Å². The highest BCUT2D eigenvalue weighted by Gasteiger charge is 2.32. The molecule has 0 saturated carbocycles. The molecule has 0 N–H and O–H groups in total. The monoisotopic (exact) mass is 350 g/mol. The third-order valence-corrected chi connectivity index (χ3v) is 3.46. The number of ether oxygens (including phenoxy) is 1. The molecule has 17 heavy (non-hydrogen) atoms. The van der Waals surface area contributed by atoms with Crippen molar-refractivity contribution >= 4 is 39.1 Å². The quantitative estimate of drug-likeness (QED) is 0.663. The lowest BCUT2D eigenvalue weighted by Crippen LogP contribution is -2.10. The van der Waals surface area contributed by atoms with Gasteiger partial charge in [0, 0.05) is 15.9 Å². The van der Waals surface area contributed by atoms with Crippen molar-refractivity contribution < 1.29 is 17.9 Å². The second-order valence-electron chi connectivity index (χ2n) is 3.30. The molecule has 1 unspecified atom stereocenters. The van der Waals surface area contributed by atoms with E-state index in [1.165, 1.54) is 19.2 Å². The first-order valence-electron chi connectivity index (χ1n) is 4.48. The molecule has 0 aliphatic heterocycles. The fraction of sp³-hybridized carbons (Fsp3) is 0.400. The first-order chi connectivity index (χ1) is 7.74. The zero-order chi connectivity index (χ0) is 13.2. The predicted molar refractivity (Wildman–Crippen MR) is 65.4 cm³/mol. The van der Waals surface area contributed by atoms with Crippen molar-refractivity contribution in [1.82, 2.24) is 0 Å². The lowest BCUT2D eigenvalue weighted by atomic mass is 10.1. The maximum absolute atomic E-state index is 12.2. The molecule has 0 aliphatic carbocycles. The molecule has 1 aromatic carbocycles. The topological polar surface area (TPSA) is 9.23 Å². The van der Waals surface area contributed by atoms with Gasteiger partial charge in [0.25, 0.3) is 0 Å². The minimum absolute atomic E-state index is 0.178. The molecule has 0 spiro atoms. The van der Waals surface area contributed by atoms with Gasteiger partial charge in [0.1, 0.15) is 5.75 Å².